The minimum absolute atomic E-state index is 0.115. The highest BCUT2D eigenvalue weighted by molar-refractivity contribution is 8.01. The van der Waals surface area contributed by atoms with Crippen LogP contribution in [0.1, 0.15) is 5.01 Å². The predicted octanol–water partition coefficient (Wildman–Crippen LogP) is 1.02. The normalized spacial score (nSPS) is 12.3. The van der Waals surface area contributed by atoms with Crippen molar-refractivity contribution in [3.8, 4) is 0 Å². The number of hydrogen-bond acceptors (Lipinski definition) is 8. The molecule has 0 spiro atoms. The molecule has 0 aliphatic carbocycles. The van der Waals surface area contributed by atoms with Gasteiger partial charge in [-0.05, 0) is 25.1 Å². The number of sulfonamides is 2. The second-order valence-electron chi connectivity index (χ2n) is 4.27. The first kappa shape index (κ1) is 17.1. The van der Waals surface area contributed by atoms with Crippen LogP contribution in [0.25, 0.3) is 0 Å². The average molecular weight is 380 g/mol. The van der Waals surface area contributed by atoms with Gasteiger partial charge in [0.05, 0.1) is 16.8 Å². The van der Waals surface area contributed by atoms with Gasteiger partial charge in [0.25, 0.3) is 0 Å². The Morgan fingerprint density at radius 3 is 2.41 bits per heavy atom. The summed E-state index contributed by atoms with van der Waals surface area (Å²) in [6, 6.07) is 3.87. The van der Waals surface area contributed by atoms with Crippen LogP contribution in [0, 0.1) is 6.92 Å². The van der Waals surface area contributed by atoms with Crippen LogP contribution in [0.3, 0.4) is 0 Å². The molecule has 120 valence electrons. The van der Waals surface area contributed by atoms with E-state index in [0.717, 1.165) is 23.0 Å². The Balaban J connectivity index is 2.49. The zero-order valence-corrected chi connectivity index (χ0v) is 14.7. The molecule has 2 rings (SSSR count). The van der Waals surface area contributed by atoms with Crippen LogP contribution in [0.4, 0.5) is 5.69 Å². The maximum atomic E-state index is 11.4. The zero-order chi connectivity index (χ0) is 16.5. The highest BCUT2D eigenvalue weighted by Crippen LogP contribution is 2.36. The van der Waals surface area contributed by atoms with Gasteiger partial charge in [0.2, 0.25) is 20.0 Å². The molecule has 1 aromatic carbocycles. The molecule has 0 atom stereocenters. The van der Waals surface area contributed by atoms with Crippen molar-refractivity contribution in [3.63, 3.8) is 0 Å². The molecule has 1 heterocycles. The Labute approximate surface area is 136 Å². The molecular formula is C10H12N4O4S4. The summed E-state index contributed by atoms with van der Waals surface area (Å²) in [5, 5.41) is 13.6. The van der Waals surface area contributed by atoms with Crippen molar-refractivity contribution in [2.45, 2.75) is 21.1 Å². The van der Waals surface area contributed by atoms with Crippen LogP contribution in [0.15, 0.2) is 32.3 Å². The second kappa shape index (κ2) is 6.12. The summed E-state index contributed by atoms with van der Waals surface area (Å²) in [4.78, 5) is 0.253. The second-order valence-corrected chi connectivity index (χ2v) is 10.0. The Kier molecular flexibility index (Phi) is 4.77. The van der Waals surface area contributed by atoms with Crippen LogP contribution in [-0.4, -0.2) is 33.3 Å². The molecule has 0 saturated heterocycles. The van der Waals surface area contributed by atoms with E-state index in [1.807, 2.05) is 0 Å². The number of rotatable bonds is 5. The summed E-state index contributed by atoms with van der Waals surface area (Å²) in [6.45, 7) is 1.78. The van der Waals surface area contributed by atoms with E-state index in [-0.39, 0.29) is 10.6 Å². The summed E-state index contributed by atoms with van der Waals surface area (Å²) in [5.74, 6) is 0. The third-order valence-electron chi connectivity index (χ3n) is 2.28. The molecular weight excluding hydrogens is 368 g/mol. The molecule has 8 nitrogen and oxygen atoms in total. The summed E-state index contributed by atoms with van der Waals surface area (Å²) < 4.78 is 48.6. The SMILES string of the molecule is Cc1nnc(Sc2cc(S(N)(=O)=O)ccc2NS(C)(=O)=O)s1. The van der Waals surface area contributed by atoms with E-state index in [2.05, 4.69) is 14.9 Å². The zero-order valence-electron chi connectivity index (χ0n) is 11.5. The molecule has 0 aliphatic rings. The lowest BCUT2D eigenvalue weighted by molar-refractivity contribution is 0.597. The molecule has 1 aromatic heterocycles. The smallest absolute Gasteiger partial charge is 0.238 e. The highest BCUT2D eigenvalue weighted by Gasteiger charge is 2.16. The molecule has 22 heavy (non-hydrogen) atoms. The summed E-state index contributed by atoms with van der Waals surface area (Å²) >= 11 is 2.41. The number of benzene rings is 1. The summed E-state index contributed by atoms with van der Waals surface area (Å²) in [5.41, 5.74) is 0.243. The van der Waals surface area contributed by atoms with Gasteiger partial charge in [0.1, 0.15) is 5.01 Å². The van der Waals surface area contributed by atoms with Crippen LogP contribution in [-0.2, 0) is 20.0 Å². The van der Waals surface area contributed by atoms with Crippen LogP contribution in [0.5, 0.6) is 0 Å². The summed E-state index contributed by atoms with van der Waals surface area (Å²) in [6.07, 6.45) is 1.00. The molecule has 0 radical (unpaired) electrons. The number of nitrogens with zero attached hydrogens (tertiary/aromatic N) is 2. The van der Waals surface area contributed by atoms with E-state index in [9.17, 15) is 16.8 Å². The fourth-order valence-corrected chi connectivity index (χ4v) is 4.62. The quantitative estimate of drug-likeness (QED) is 0.791. The first-order chi connectivity index (χ1) is 10.0. The van der Waals surface area contributed by atoms with E-state index in [4.69, 9.17) is 5.14 Å². The Hall–Kier alpha value is -1.21. The van der Waals surface area contributed by atoms with E-state index in [0.29, 0.717) is 9.24 Å². The minimum atomic E-state index is -3.90. The Morgan fingerprint density at radius 2 is 1.91 bits per heavy atom. The largest absolute Gasteiger partial charge is 0.283 e. The fraction of sp³-hybridized carbons (Fsp3) is 0.200. The van der Waals surface area contributed by atoms with Crippen molar-refractivity contribution in [3.05, 3.63) is 23.2 Å². The van der Waals surface area contributed by atoms with Crippen molar-refractivity contribution in [1.29, 1.82) is 0 Å². The highest BCUT2D eigenvalue weighted by atomic mass is 32.2. The molecule has 0 fully saturated rings. The van der Waals surface area contributed by atoms with Crippen LogP contribution in [0.2, 0.25) is 0 Å². The van der Waals surface area contributed by atoms with Gasteiger partial charge >= 0.3 is 0 Å². The maximum Gasteiger partial charge on any atom is 0.238 e. The van der Waals surface area contributed by atoms with Crippen molar-refractivity contribution in [2.24, 2.45) is 5.14 Å². The van der Waals surface area contributed by atoms with Crippen molar-refractivity contribution in [1.82, 2.24) is 10.2 Å². The number of hydrogen-bond donors (Lipinski definition) is 2. The first-order valence-corrected chi connectivity index (χ1v) is 10.7. The van der Waals surface area contributed by atoms with Crippen LogP contribution < -0.4 is 9.86 Å². The maximum absolute atomic E-state index is 11.4. The summed E-state index contributed by atoms with van der Waals surface area (Å²) in [7, 11) is -7.41. The van der Waals surface area contributed by atoms with Crippen LogP contribution >= 0.6 is 23.1 Å². The number of primary sulfonamides is 1. The van der Waals surface area contributed by atoms with E-state index in [1.165, 1.54) is 29.5 Å². The van der Waals surface area contributed by atoms with Gasteiger partial charge in [-0.25, -0.2) is 22.0 Å². The lowest BCUT2D eigenvalue weighted by Gasteiger charge is -2.10. The topological polar surface area (TPSA) is 132 Å². The number of nitrogens with one attached hydrogen (secondary N) is 1. The molecule has 0 unspecified atom stereocenters. The number of anilines is 1. The third-order valence-corrected chi connectivity index (χ3v) is 5.73. The predicted molar refractivity (Wildman–Crippen MR) is 85.1 cm³/mol. The lowest BCUT2D eigenvalue weighted by Crippen LogP contribution is -2.14. The molecule has 0 amide bonds. The molecule has 0 bridgehead atoms. The monoisotopic (exact) mass is 380 g/mol. The molecule has 0 saturated carbocycles. The fourth-order valence-electron chi connectivity index (χ4n) is 1.46. The van der Waals surface area contributed by atoms with Gasteiger partial charge in [-0.1, -0.05) is 23.1 Å². The Bertz CT molecular complexity index is 905. The van der Waals surface area contributed by atoms with Gasteiger partial charge in [0.15, 0.2) is 4.34 Å². The van der Waals surface area contributed by atoms with Crippen molar-refractivity contribution >= 4 is 48.8 Å². The molecule has 3 N–H and O–H groups in total. The van der Waals surface area contributed by atoms with Crippen molar-refractivity contribution in [2.75, 3.05) is 11.0 Å². The van der Waals surface area contributed by atoms with Gasteiger partial charge in [0, 0.05) is 4.90 Å². The van der Waals surface area contributed by atoms with Gasteiger partial charge in [-0.15, -0.1) is 10.2 Å². The molecule has 2 aromatic rings. The first-order valence-electron chi connectivity index (χ1n) is 5.67. The van der Waals surface area contributed by atoms with Gasteiger partial charge in [-0.3, -0.25) is 4.72 Å². The van der Waals surface area contributed by atoms with E-state index >= 15 is 0 Å². The lowest BCUT2D eigenvalue weighted by atomic mass is 10.3. The number of aryl methyl sites for hydroxylation is 1. The third kappa shape index (κ3) is 4.64. The standard InChI is InChI=1S/C10H12N4O4S4/c1-6-12-13-10(19-6)20-9-5-7(22(11,17)18)3-4-8(9)14-21(2,15)16/h3-5,14H,1-2H3,(H2,11,17,18). The van der Waals surface area contributed by atoms with E-state index in [1.54, 1.807) is 6.92 Å². The molecule has 12 heteroatoms. The van der Waals surface area contributed by atoms with E-state index < -0.39 is 20.0 Å². The van der Waals surface area contributed by atoms with Gasteiger partial charge in [-0.2, -0.15) is 0 Å². The Morgan fingerprint density at radius 1 is 1.23 bits per heavy atom. The number of nitrogens with two attached hydrogens (primary N) is 1. The van der Waals surface area contributed by atoms with Crippen molar-refractivity contribution < 1.29 is 16.8 Å². The van der Waals surface area contributed by atoms with Gasteiger partial charge < -0.3 is 0 Å². The minimum Gasteiger partial charge on any atom is -0.283 e. The number of aromatic nitrogens is 2. The average Bonchev–Trinajstić information content (AvgIpc) is 2.74. The molecule has 0 aliphatic heterocycles.